The van der Waals surface area contributed by atoms with Gasteiger partial charge in [0, 0.05) is 22.6 Å². The van der Waals surface area contributed by atoms with Crippen molar-refractivity contribution in [2.75, 3.05) is 7.11 Å². The van der Waals surface area contributed by atoms with Gasteiger partial charge in [-0.05, 0) is 12.5 Å². The molecule has 0 radical (unpaired) electrons. The van der Waals surface area contributed by atoms with E-state index in [0.29, 0.717) is 5.71 Å². The number of hydrazone groups is 1. The number of hydrogen-bond acceptors (Lipinski definition) is 5. The molecule has 0 bridgehead atoms. The van der Waals surface area contributed by atoms with Crippen molar-refractivity contribution in [2.45, 2.75) is 27.7 Å². The normalized spacial score (nSPS) is 12.5. The number of allylic oxidation sites excluding steroid dienone is 1. The molecule has 1 N–H and O–H groups in total. The molecule has 5 nitrogen and oxygen atoms in total. The Bertz CT molecular complexity index is 907. The molecule has 0 unspecified atom stereocenters. The second-order valence-electron chi connectivity index (χ2n) is 7.42. The van der Waals surface area contributed by atoms with Crippen LogP contribution in [0.4, 0.5) is 0 Å². The average molecular weight is 378 g/mol. The van der Waals surface area contributed by atoms with E-state index >= 15 is 0 Å². The molecule has 28 heavy (non-hydrogen) atoms. The number of carbonyl (C=O) groups excluding carboxylic acids is 2. The monoisotopic (exact) mass is 378 g/mol. The van der Waals surface area contributed by atoms with Gasteiger partial charge in [-0.25, -0.2) is 4.79 Å². The zero-order valence-corrected chi connectivity index (χ0v) is 16.9. The Morgan fingerprint density at radius 2 is 1.61 bits per heavy atom. The Kier molecular flexibility index (Phi) is 6.88. The standard InChI is InChI=1S/C23H26N2O3/c1-16-11-9-10-14-18(16)21(17-12-7-6-8-13-17)25-24-19(22(27)28-5)15-20(26)23(2,3)4/h6-15,24H,1-5H3/b19-15-,25-21+. The summed E-state index contributed by atoms with van der Waals surface area (Å²) >= 11 is 0. The minimum atomic E-state index is -0.654. The molecule has 0 saturated heterocycles. The molecule has 0 aliphatic carbocycles. The molecule has 0 aliphatic heterocycles. The molecule has 0 aromatic heterocycles. The van der Waals surface area contributed by atoms with Gasteiger partial charge in [0.2, 0.25) is 0 Å². The largest absolute Gasteiger partial charge is 0.464 e. The zero-order chi connectivity index (χ0) is 20.7. The van der Waals surface area contributed by atoms with E-state index in [9.17, 15) is 9.59 Å². The Morgan fingerprint density at radius 3 is 2.18 bits per heavy atom. The highest BCUT2D eigenvalue weighted by Gasteiger charge is 2.22. The van der Waals surface area contributed by atoms with Crippen LogP contribution in [-0.2, 0) is 14.3 Å². The Balaban J connectivity index is 2.50. The van der Waals surface area contributed by atoms with E-state index in [1.807, 2.05) is 61.5 Å². The number of hydrogen-bond donors (Lipinski definition) is 1. The minimum Gasteiger partial charge on any atom is -0.464 e. The second-order valence-corrected chi connectivity index (χ2v) is 7.42. The van der Waals surface area contributed by atoms with Crippen LogP contribution >= 0.6 is 0 Å². The summed E-state index contributed by atoms with van der Waals surface area (Å²) < 4.78 is 4.80. The van der Waals surface area contributed by atoms with Crippen LogP contribution in [0.25, 0.3) is 0 Å². The average Bonchev–Trinajstić information content (AvgIpc) is 2.67. The summed E-state index contributed by atoms with van der Waals surface area (Å²) in [6.07, 6.45) is 1.25. The predicted molar refractivity (Wildman–Crippen MR) is 111 cm³/mol. The molecule has 0 heterocycles. The first-order valence-electron chi connectivity index (χ1n) is 9.03. The SMILES string of the molecule is COC(=O)/C(=C/C(=O)C(C)(C)C)N/N=C(\c1ccccc1)c1ccccc1C. The van der Waals surface area contributed by atoms with Gasteiger partial charge in [0.25, 0.3) is 0 Å². The Labute approximate surface area is 166 Å². The van der Waals surface area contributed by atoms with Gasteiger partial charge in [-0.15, -0.1) is 0 Å². The fourth-order valence-electron chi connectivity index (χ4n) is 2.43. The van der Waals surface area contributed by atoms with Gasteiger partial charge < -0.3 is 4.74 Å². The van der Waals surface area contributed by atoms with E-state index in [4.69, 9.17) is 4.74 Å². The fourth-order valence-corrected chi connectivity index (χ4v) is 2.43. The highest BCUT2D eigenvalue weighted by atomic mass is 16.5. The van der Waals surface area contributed by atoms with E-state index in [1.54, 1.807) is 20.8 Å². The minimum absolute atomic E-state index is 0.00978. The molecule has 0 saturated carbocycles. The first kappa shape index (κ1) is 21.1. The van der Waals surface area contributed by atoms with Crippen molar-refractivity contribution in [3.8, 4) is 0 Å². The van der Waals surface area contributed by atoms with Gasteiger partial charge in [-0.2, -0.15) is 5.10 Å². The zero-order valence-electron chi connectivity index (χ0n) is 16.9. The fraction of sp³-hybridized carbons (Fsp3) is 0.261. The first-order valence-corrected chi connectivity index (χ1v) is 9.03. The molecule has 0 fully saturated rings. The second kappa shape index (κ2) is 9.13. The van der Waals surface area contributed by atoms with Crippen molar-refractivity contribution in [3.63, 3.8) is 0 Å². The van der Waals surface area contributed by atoms with Crippen molar-refractivity contribution < 1.29 is 14.3 Å². The van der Waals surface area contributed by atoms with Crippen molar-refractivity contribution >= 4 is 17.5 Å². The number of ketones is 1. The lowest BCUT2D eigenvalue weighted by atomic mass is 9.90. The van der Waals surface area contributed by atoms with Gasteiger partial charge in [0.1, 0.15) is 5.70 Å². The van der Waals surface area contributed by atoms with Crippen LogP contribution in [0.1, 0.15) is 37.5 Å². The molecule has 0 amide bonds. The molecular formula is C23H26N2O3. The number of nitrogens with one attached hydrogen (secondary N) is 1. The predicted octanol–water partition coefficient (Wildman–Crippen LogP) is 4.01. The van der Waals surface area contributed by atoms with Crippen LogP contribution in [0.15, 0.2) is 71.5 Å². The first-order chi connectivity index (χ1) is 13.2. The maximum absolute atomic E-state index is 12.4. The topological polar surface area (TPSA) is 67.8 Å². The third-order valence-electron chi connectivity index (χ3n) is 4.16. The van der Waals surface area contributed by atoms with Crippen molar-refractivity contribution in [2.24, 2.45) is 10.5 Å². The maximum Gasteiger partial charge on any atom is 0.356 e. The van der Waals surface area contributed by atoms with Crippen LogP contribution in [0.3, 0.4) is 0 Å². The number of ether oxygens (including phenoxy) is 1. The summed E-state index contributed by atoms with van der Waals surface area (Å²) in [7, 11) is 1.27. The van der Waals surface area contributed by atoms with E-state index in [-0.39, 0.29) is 11.5 Å². The van der Waals surface area contributed by atoms with Gasteiger partial charge in [0.15, 0.2) is 5.78 Å². The summed E-state index contributed by atoms with van der Waals surface area (Å²) in [4.78, 5) is 24.5. The van der Waals surface area contributed by atoms with Crippen LogP contribution < -0.4 is 5.43 Å². The van der Waals surface area contributed by atoms with Crippen LogP contribution in [-0.4, -0.2) is 24.6 Å². The van der Waals surface area contributed by atoms with Crippen LogP contribution in [0.5, 0.6) is 0 Å². The summed E-state index contributed by atoms with van der Waals surface area (Å²) in [6, 6.07) is 17.5. The number of aryl methyl sites for hydroxylation is 1. The summed E-state index contributed by atoms with van der Waals surface area (Å²) in [5.41, 5.74) is 5.63. The molecule has 2 aromatic carbocycles. The molecule has 0 spiro atoms. The Morgan fingerprint density at radius 1 is 1.00 bits per heavy atom. The number of esters is 1. The van der Waals surface area contributed by atoms with Crippen molar-refractivity contribution in [1.29, 1.82) is 0 Å². The van der Waals surface area contributed by atoms with E-state index in [0.717, 1.165) is 16.7 Å². The van der Waals surface area contributed by atoms with E-state index in [2.05, 4.69) is 10.5 Å². The maximum atomic E-state index is 12.4. The molecule has 0 atom stereocenters. The van der Waals surface area contributed by atoms with Gasteiger partial charge >= 0.3 is 5.97 Å². The highest BCUT2D eigenvalue weighted by molar-refractivity contribution is 6.13. The third kappa shape index (κ3) is 5.39. The molecule has 2 rings (SSSR count). The van der Waals surface area contributed by atoms with E-state index in [1.165, 1.54) is 13.2 Å². The third-order valence-corrected chi connectivity index (χ3v) is 4.16. The van der Waals surface area contributed by atoms with Crippen LogP contribution in [0, 0.1) is 12.3 Å². The highest BCUT2D eigenvalue weighted by Crippen LogP contribution is 2.17. The number of nitrogens with zero attached hydrogens (tertiary/aromatic N) is 1. The molecule has 2 aromatic rings. The number of rotatable bonds is 6. The number of methoxy groups -OCH3 is 1. The van der Waals surface area contributed by atoms with Crippen molar-refractivity contribution in [3.05, 3.63) is 83.1 Å². The molecule has 5 heteroatoms. The Hall–Kier alpha value is -3.21. The lowest BCUT2D eigenvalue weighted by molar-refractivity contribution is -0.137. The van der Waals surface area contributed by atoms with Gasteiger partial charge in [-0.1, -0.05) is 75.4 Å². The van der Waals surface area contributed by atoms with Crippen molar-refractivity contribution in [1.82, 2.24) is 5.43 Å². The smallest absolute Gasteiger partial charge is 0.356 e. The lowest BCUT2D eigenvalue weighted by Gasteiger charge is -2.15. The molecule has 0 aliphatic rings. The summed E-state index contributed by atoms with van der Waals surface area (Å²) in [5.74, 6) is -0.855. The molecular weight excluding hydrogens is 352 g/mol. The summed E-state index contributed by atoms with van der Waals surface area (Å²) in [5, 5.41) is 4.47. The number of carbonyl (C=O) groups is 2. The van der Waals surface area contributed by atoms with Gasteiger partial charge in [0.05, 0.1) is 12.8 Å². The van der Waals surface area contributed by atoms with E-state index < -0.39 is 11.4 Å². The van der Waals surface area contributed by atoms with Crippen LogP contribution in [0.2, 0.25) is 0 Å². The number of benzene rings is 2. The quantitative estimate of drug-likeness (QED) is 0.357. The van der Waals surface area contributed by atoms with Gasteiger partial charge in [-0.3, -0.25) is 10.2 Å². The molecule has 146 valence electrons. The lowest BCUT2D eigenvalue weighted by Crippen LogP contribution is -2.24. The summed E-state index contributed by atoms with van der Waals surface area (Å²) in [6.45, 7) is 7.35.